The normalized spacial score (nSPS) is 20.9. The SMILES string of the molecule is CCC1CCCCCN1c1nc(C(C)C)c(CN)s1. The molecule has 0 amide bonds. The molecule has 2 N–H and O–H groups in total. The first-order chi connectivity index (χ1) is 9.17. The van der Waals surface area contributed by atoms with Crippen molar-refractivity contribution in [1.29, 1.82) is 0 Å². The molecule has 0 spiro atoms. The van der Waals surface area contributed by atoms with Crippen LogP contribution in [0.5, 0.6) is 0 Å². The fraction of sp³-hybridized carbons (Fsp3) is 0.800. The summed E-state index contributed by atoms with van der Waals surface area (Å²) in [6.45, 7) is 8.49. The van der Waals surface area contributed by atoms with Crippen LogP contribution in [0.15, 0.2) is 0 Å². The molecule has 108 valence electrons. The van der Waals surface area contributed by atoms with Crippen LogP contribution in [0.2, 0.25) is 0 Å². The van der Waals surface area contributed by atoms with E-state index in [1.807, 2.05) is 11.3 Å². The van der Waals surface area contributed by atoms with Gasteiger partial charge in [0.15, 0.2) is 5.13 Å². The molecule has 1 aromatic rings. The molecule has 3 nitrogen and oxygen atoms in total. The van der Waals surface area contributed by atoms with Crippen molar-refractivity contribution in [2.24, 2.45) is 5.73 Å². The van der Waals surface area contributed by atoms with E-state index in [-0.39, 0.29) is 0 Å². The Morgan fingerprint density at radius 1 is 1.37 bits per heavy atom. The molecule has 1 aliphatic heterocycles. The van der Waals surface area contributed by atoms with Crippen LogP contribution in [0, 0.1) is 0 Å². The highest BCUT2D eigenvalue weighted by molar-refractivity contribution is 7.15. The van der Waals surface area contributed by atoms with Gasteiger partial charge in [-0.1, -0.05) is 33.6 Å². The zero-order valence-electron chi connectivity index (χ0n) is 12.5. The molecule has 2 rings (SSSR count). The lowest BCUT2D eigenvalue weighted by atomic mass is 10.1. The first-order valence-corrected chi connectivity index (χ1v) is 8.45. The molecule has 1 aliphatic rings. The summed E-state index contributed by atoms with van der Waals surface area (Å²) >= 11 is 1.81. The average molecular weight is 281 g/mol. The van der Waals surface area contributed by atoms with E-state index in [0.29, 0.717) is 18.5 Å². The minimum atomic E-state index is 0.468. The second kappa shape index (κ2) is 6.71. The molecule has 1 fully saturated rings. The highest BCUT2D eigenvalue weighted by atomic mass is 32.1. The van der Waals surface area contributed by atoms with Crippen molar-refractivity contribution in [2.75, 3.05) is 11.4 Å². The van der Waals surface area contributed by atoms with E-state index in [1.54, 1.807) is 0 Å². The molecule has 0 radical (unpaired) electrons. The highest BCUT2D eigenvalue weighted by Gasteiger charge is 2.24. The molecular formula is C15H27N3S. The fourth-order valence-electron chi connectivity index (χ4n) is 2.92. The van der Waals surface area contributed by atoms with E-state index in [9.17, 15) is 0 Å². The van der Waals surface area contributed by atoms with E-state index in [2.05, 4.69) is 25.7 Å². The molecule has 0 bridgehead atoms. The van der Waals surface area contributed by atoms with Crippen LogP contribution >= 0.6 is 11.3 Å². The Bertz CT molecular complexity index is 400. The number of aromatic nitrogens is 1. The number of rotatable bonds is 4. The number of hydrogen-bond acceptors (Lipinski definition) is 4. The Morgan fingerprint density at radius 3 is 2.74 bits per heavy atom. The third kappa shape index (κ3) is 3.29. The molecule has 4 heteroatoms. The van der Waals surface area contributed by atoms with Crippen molar-refractivity contribution < 1.29 is 0 Å². The molecular weight excluding hydrogens is 254 g/mol. The van der Waals surface area contributed by atoms with Gasteiger partial charge in [0.1, 0.15) is 0 Å². The topological polar surface area (TPSA) is 42.2 Å². The van der Waals surface area contributed by atoms with E-state index < -0.39 is 0 Å². The Balaban J connectivity index is 2.28. The van der Waals surface area contributed by atoms with Gasteiger partial charge in [0.05, 0.1) is 5.69 Å². The monoisotopic (exact) mass is 281 g/mol. The largest absolute Gasteiger partial charge is 0.345 e. The van der Waals surface area contributed by atoms with E-state index in [1.165, 1.54) is 47.8 Å². The van der Waals surface area contributed by atoms with Gasteiger partial charge in [0.2, 0.25) is 0 Å². The van der Waals surface area contributed by atoms with E-state index in [4.69, 9.17) is 10.7 Å². The Kier molecular flexibility index (Phi) is 5.22. The first kappa shape index (κ1) is 14.8. The van der Waals surface area contributed by atoms with Gasteiger partial charge in [0.25, 0.3) is 0 Å². The predicted molar refractivity (Wildman–Crippen MR) is 84.0 cm³/mol. The minimum absolute atomic E-state index is 0.468. The number of nitrogens with zero attached hydrogens (tertiary/aromatic N) is 2. The Hall–Kier alpha value is -0.610. The second-order valence-electron chi connectivity index (χ2n) is 5.77. The summed E-state index contributed by atoms with van der Waals surface area (Å²) < 4.78 is 0. The summed E-state index contributed by atoms with van der Waals surface area (Å²) in [5.41, 5.74) is 7.09. The van der Waals surface area contributed by atoms with Crippen molar-refractivity contribution in [3.05, 3.63) is 10.6 Å². The summed E-state index contributed by atoms with van der Waals surface area (Å²) in [4.78, 5) is 8.72. The molecule has 1 saturated heterocycles. The summed E-state index contributed by atoms with van der Waals surface area (Å²) in [6, 6.07) is 0.666. The van der Waals surface area contributed by atoms with Crippen LogP contribution in [-0.2, 0) is 6.54 Å². The zero-order valence-corrected chi connectivity index (χ0v) is 13.3. The second-order valence-corrected chi connectivity index (χ2v) is 6.83. The predicted octanol–water partition coefficient (Wildman–Crippen LogP) is 3.88. The van der Waals surface area contributed by atoms with Gasteiger partial charge in [-0.15, -0.1) is 11.3 Å². The van der Waals surface area contributed by atoms with Gasteiger partial charge in [-0.05, 0) is 25.2 Å². The van der Waals surface area contributed by atoms with Gasteiger partial charge in [0, 0.05) is 24.0 Å². The number of nitrogens with two attached hydrogens (primary N) is 1. The lowest BCUT2D eigenvalue weighted by Gasteiger charge is -2.28. The quantitative estimate of drug-likeness (QED) is 0.910. The molecule has 2 heterocycles. The summed E-state index contributed by atoms with van der Waals surface area (Å²) in [7, 11) is 0. The summed E-state index contributed by atoms with van der Waals surface area (Å²) in [5, 5.41) is 1.21. The molecule has 19 heavy (non-hydrogen) atoms. The first-order valence-electron chi connectivity index (χ1n) is 7.63. The smallest absolute Gasteiger partial charge is 0.186 e. The van der Waals surface area contributed by atoms with Crippen molar-refractivity contribution in [3.63, 3.8) is 0 Å². The molecule has 0 aliphatic carbocycles. The van der Waals surface area contributed by atoms with Crippen molar-refractivity contribution in [2.45, 2.75) is 71.4 Å². The third-order valence-corrected chi connectivity index (χ3v) is 5.17. The lowest BCUT2D eigenvalue weighted by molar-refractivity contribution is 0.555. The van der Waals surface area contributed by atoms with Crippen LogP contribution in [-0.4, -0.2) is 17.6 Å². The van der Waals surface area contributed by atoms with Gasteiger partial charge in [-0.2, -0.15) is 0 Å². The van der Waals surface area contributed by atoms with Crippen LogP contribution < -0.4 is 10.6 Å². The van der Waals surface area contributed by atoms with Crippen LogP contribution in [0.3, 0.4) is 0 Å². The molecule has 1 unspecified atom stereocenters. The van der Waals surface area contributed by atoms with Gasteiger partial charge in [-0.25, -0.2) is 4.98 Å². The molecule has 1 aromatic heterocycles. The lowest BCUT2D eigenvalue weighted by Crippen LogP contribution is -2.34. The van der Waals surface area contributed by atoms with Gasteiger partial charge >= 0.3 is 0 Å². The van der Waals surface area contributed by atoms with Crippen molar-refractivity contribution in [3.8, 4) is 0 Å². The molecule has 0 saturated carbocycles. The van der Waals surface area contributed by atoms with Gasteiger partial charge < -0.3 is 10.6 Å². The Morgan fingerprint density at radius 2 is 2.16 bits per heavy atom. The number of thiazole rings is 1. The van der Waals surface area contributed by atoms with Crippen LogP contribution in [0.25, 0.3) is 0 Å². The average Bonchev–Trinajstić information content (AvgIpc) is 2.69. The fourth-order valence-corrected chi connectivity index (χ4v) is 4.12. The number of anilines is 1. The van der Waals surface area contributed by atoms with Crippen molar-refractivity contribution >= 4 is 16.5 Å². The van der Waals surface area contributed by atoms with E-state index >= 15 is 0 Å². The standard InChI is InChI=1S/C15H27N3S/c1-4-12-8-6-5-7-9-18(12)15-17-14(11(2)3)13(10-16)19-15/h11-12H,4-10,16H2,1-3H3. The maximum absolute atomic E-state index is 5.88. The molecule has 1 atom stereocenters. The third-order valence-electron chi connectivity index (χ3n) is 4.04. The zero-order chi connectivity index (χ0) is 13.8. The molecule has 0 aromatic carbocycles. The van der Waals surface area contributed by atoms with Crippen LogP contribution in [0.1, 0.15) is 69.4 Å². The van der Waals surface area contributed by atoms with Gasteiger partial charge in [-0.3, -0.25) is 0 Å². The summed E-state index contributed by atoms with van der Waals surface area (Å²) in [5.74, 6) is 0.468. The highest BCUT2D eigenvalue weighted by Crippen LogP contribution is 2.34. The van der Waals surface area contributed by atoms with E-state index in [0.717, 1.165) is 6.54 Å². The Labute approximate surface area is 121 Å². The van der Waals surface area contributed by atoms with Crippen LogP contribution in [0.4, 0.5) is 5.13 Å². The maximum atomic E-state index is 5.88. The van der Waals surface area contributed by atoms with Crippen molar-refractivity contribution in [1.82, 2.24) is 4.98 Å². The summed E-state index contributed by atoms with van der Waals surface area (Å²) in [6.07, 6.45) is 6.55. The number of hydrogen-bond donors (Lipinski definition) is 1. The minimum Gasteiger partial charge on any atom is -0.345 e. The maximum Gasteiger partial charge on any atom is 0.186 e.